The SMILES string of the molecule is CC(=O)N1CC2=CN(C(=O)c3ccc(-c4ccc5cnccc5c4)cc3)CC2C1. The van der Waals surface area contributed by atoms with Gasteiger partial charge in [-0.2, -0.15) is 0 Å². The van der Waals surface area contributed by atoms with Crippen LogP contribution in [0.4, 0.5) is 0 Å². The van der Waals surface area contributed by atoms with Crippen molar-refractivity contribution in [3.8, 4) is 11.1 Å². The van der Waals surface area contributed by atoms with Gasteiger partial charge in [-0.3, -0.25) is 14.6 Å². The van der Waals surface area contributed by atoms with Gasteiger partial charge in [0.05, 0.1) is 0 Å². The van der Waals surface area contributed by atoms with E-state index in [4.69, 9.17) is 0 Å². The molecule has 5 nitrogen and oxygen atoms in total. The van der Waals surface area contributed by atoms with Crippen molar-refractivity contribution in [1.29, 1.82) is 0 Å². The molecule has 2 aromatic carbocycles. The lowest BCUT2D eigenvalue weighted by molar-refractivity contribution is -0.127. The molecule has 29 heavy (non-hydrogen) atoms. The number of aromatic nitrogens is 1. The molecule has 3 heterocycles. The first-order chi connectivity index (χ1) is 14.1. The molecule has 0 aliphatic carbocycles. The molecule has 2 aliphatic rings. The van der Waals surface area contributed by atoms with Crippen LogP contribution in [0.2, 0.25) is 0 Å². The van der Waals surface area contributed by atoms with E-state index in [9.17, 15) is 9.59 Å². The van der Waals surface area contributed by atoms with Crippen LogP contribution in [0.3, 0.4) is 0 Å². The van der Waals surface area contributed by atoms with E-state index in [2.05, 4.69) is 23.2 Å². The lowest BCUT2D eigenvalue weighted by Crippen LogP contribution is -2.31. The molecule has 0 bridgehead atoms. The minimum absolute atomic E-state index is 0.0115. The summed E-state index contributed by atoms with van der Waals surface area (Å²) in [5.74, 6) is 0.380. The van der Waals surface area contributed by atoms with Crippen LogP contribution in [0.5, 0.6) is 0 Å². The maximum absolute atomic E-state index is 12.9. The predicted molar refractivity (Wildman–Crippen MR) is 112 cm³/mol. The zero-order valence-electron chi connectivity index (χ0n) is 16.2. The van der Waals surface area contributed by atoms with Crippen molar-refractivity contribution < 1.29 is 9.59 Å². The van der Waals surface area contributed by atoms with E-state index in [0.717, 1.165) is 21.9 Å². The predicted octanol–water partition coefficient (Wildman–Crippen LogP) is 3.72. The minimum Gasteiger partial charge on any atom is -0.338 e. The van der Waals surface area contributed by atoms with Crippen LogP contribution in [0.15, 0.2) is 72.7 Å². The number of benzene rings is 2. The first-order valence-corrected chi connectivity index (χ1v) is 9.80. The molecule has 5 heteroatoms. The Morgan fingerprint density at radius 1 is 0.966 bits per heavy atom. The van der Waals surface area contributed by atoms with Gasteiger partial charge < -0.3 is 9.80 Å². The Kier molecular flexibility index (Phi) is 4.16. The third kappa shape index (κ3) is 3.18. The van der Waals surface area contributed by atoms with Crippen molar-refractivity contribution in [3.63, 3.8) is 0 Å². The number of hydrogen-bond acceptors (Lipinski definition) is 3. The summed E-state index contributed by atoms with van der Waals surface area (Å²) in [5, 5.41) is 2.26. The third-order valence-electron chi connectivity index (χ3n) is 5.89. The normalized spacial score (nSPS) is 18.1. The molecule has 2 aliphatic heterocycles. The molecule has 0 N–H and O–H groups in total. The van der Waals surface area contributed by atoms with Crippen LogP contribution >= 0.6 is 0 Å². The quantitative estimate of drug-likeness (QED) is 0.678. The van der Waals surface area contributed by atoms with Crippen LogP contribution in [0.25, 0.3) is 21.9 Å². The first-order valence-electron chi connectivity index (χ1n) is 9.80. The molecule has 3 aromatic rings. The highest BCUT2D eigenvalue weighted by Crippen LogP contribution is 2.31. The van der Waals surface area contributed by atoms with E-state index in [1.165, 1.54) is 5.57 Å². The van der Waals surface area contributed by atoms with E-state index < -0.39 is 0 Å². The smallest absolute Gasteiger partial charge is 0.257 e. The van der Waals surface area contributed by atoms with Crippen LogP contribution in [0, 0.1) is 5.92 Å². The highest BCUT2D eigenvalue weighted by atomic mass is 16.2. The molecule has 5 rings (SSSR count). The molecule has 144 valence electrons. The van der Waals surface area contributed by atoms with E-state index in [1.807, 2.05) is 47.6 Å². The highest BCUT2D eigenvalue weighted by molar-refractivity contribution is 5.96. The number of carbonyl (C=O) groups is 2. The summed E-state index contributed by atoms with van der Waals surface area (Å²) in [5.41, 5.74) is 4.05. The van der Waals surface area contributed by atoms with Gasteiger partial charge in [0.25, 0.3) is 5.91 Å². The molecule has 0 saturated carbocycles. The van der Waals surface area contributed by atoms with Crippen LogP contribution in [0.1, 0.15) is 17.3 Å². The summed E-state index contributed by atoms with van der Waals surface area (Å²) in [6.07, 6.45) is 5.58. The van der Waals surface area contributed by atoms with Crippen molar-refractivity contribution in [2.75, 3.05) is 19.6 Å². The summed E-state index contributed by atoms with van der Waals surface area (Å²) in [6, 6.07) is 16.1. The largest absolute Gasteiger partial charge is 0.338 e. The monoisotopic (exact) mass is 383 g/mol. The fraction of sp³-hybridized carbons (Fsp3) is 0.208. The van der Waals surface area contributed by atoms with Gasteiger partial charge in [-0.05, 0) is 46.4 Å². The number of rotatable bonds is 2. The zero-order chi connectivity index (χ0) is 20.0. The van der Waals surface area contributed by atoms with Crippen molar-refractivity contribution in [2.45, 2.75) is 6.92 Å². The van der Waals surface area contributed by atoms with Crippen LogP contribution in [-0.4, -0.2) is 46.2 Å². The molecule has 1 atom stereocenters. The zero-order valence-corrected chi connectivity index (χ0v) is 16.2. The van der Waals surface area contributed by atoms with Gasteiger partial charge in [-0.15, -0.1) is 0 Å². The Morgan fingerprint density at radius 2 is 1.76 bits per heavy atom. The number of carbonyl (C=O) groups excluding carboxylic acids is 2. The lowest BCUT2D eigenvalue weighted by Gasteiger charge is -2.19. The van der Waals surface area contributed by atoms with E-state index in [-0.39, 0.29) is 17.7 Å². The van der Waals surface area contributed by atoms with Crippen LogP contribution in [-0.2, 0) is 4.79 Å². The molecular weight excluding hydrogens is 362 g/mol. The molecule has 0 spiro atoms. The number of pyridine rings is 1. The van der Waals surface area contributed by atoms with Crippen molar-refractivity contribution >= 4 is 22.6 Å². The molecule has 2 amide bonds. The van der Waals surface area contributed by atoms with Crippen molar-refractivity contribution in [3.05, 3.63) is 78.3 Å². The molecular formula is C24H21N3O2. The Hall–Kier alpha value is -3.47. The number of likely N-dealkylation sites (tertiary alicyclic amines) is 1. The second-order valence-corrected chi connectivity index (χ2v) is 7.77. The second kappa shape index (κ2) is 6.85. The molecule has 1 aromatic heterocycles. The van der Waals surface area contributed by atoms with Crippen molar-refractivity contribution in [1.82, 2.24) is 14.8 Å². The number of fused-ring (bicyclic) bond motifs is 2. The fourth-order valence-corrected chi connectivity index (χ4v) is 4.22. The van der Waals surface area contributed by atoms with E-state index in [0.29, 0.717) is 25.2 Å². The molecule has 1 fully saturated rings. The second-order valence-electron chi connectivity index (χ2n) is 7.77. The average Bonchev–Trinajstić information content (AvgIpc) is 3.33. The first kappa shape index (κ1) is 17.6. The van der Waals surface area contributed by atoms with Gasteiger partial charge in [-0.1, -0.05) is 24.3 Å². The summed E-state index contributed by atoms with van der Waals surface area (Å²) >= 11 is 0. The number of hydrogen-bond donors (Lipinski definition) is 0. The third-order valence-corrected chi connectivity index (χ3v) is 5.89. The molecule has 1 unspecified atom stereocenters. The maximum atomic E-state index is 12.9. The Balaban J connectivity index is 1.34. The lowest BCUT2D eigenvalue weighted by atomic mass is 10.0. The van der Waals surface area contributed by atoms with Gasteiger partial charge in [0.15, 0.2) is 0 Å². The van der Waals surface area contributed by atoms with Gasteiger partial charge >= 0.3 is 0 Å². The number of nitrogens with zero attached hydrogens (tertiary/aromatic N) is 3. The standard InChI is InChI=1S/C24H21N3O2/c1-16(28)26-12-22-14-27(15-23(22)13-26)24(29)18-4-2-17(3-5-18)19-6-7-21-11-25-9-8-20(21)10-19/h2-11,14,23H,12-13,15H2,1H3. The summed E-state index contributed by atoms with van der Waals surface area (Å²) in [7, 11) is 0. The van der Waals surface area contributed by atoms with Crippen LogP contribution < -0.4 is 0 Å². The average molecular weight is 383 g/mol. The highest BCUT2D eigenvalue weighted by Gasteiger charge is 2.36. The van der Waals surface area contributed by atoms with E-state index >= 15 is 0 Å². The molecule has 0 radical (unpaired) electrons. The summed E-state index contributed by atoms with van der Waals surface area (Å²) in [6.45, 7) is 3.60. The van der Waals surface area contributed by atoms with Crippen molar-refractivity contribution in [2.24, 2.45) is 5.92 Å². The summed E-state index contributed by atoms with van der Waals surface area (Å²) in [4.78, 5) is 32.2. The minimum atomic E-state index is 0.0115. The van der Waals surface area contributed by atoms with Gasteiger partial charge in [0, 0.05) is 62.0 Å². The molecule has 1 saturated heterocycles. The van der Waals surface area contributed by atoms with Gasteiger partial charge in [-0.25, -0.2) is 0 Å². The van der Waals surface area contributed by atoms with E-state index in [1.54, 1.807) is 18.0 Å². The topological polar surface area (TPSA) is 53.5 Å². The Bertz CT molecular complexity index is 1150. The number of amides is 2. The summed E-state index contributed by atoms with van der Waals surface area (Å²) < 4.78 is 0. The Labute approximate surface area is 169 Å². The fourth-order valence-electron chi connectivity index (χ4n) is 4.22. The maximum Gasteiger partial charge on any atom is 0.257 e. The Morgan fingerprint density at radius 3 is 2.52 bits per heavy atom. The van der Waals surface area contributed by atoms with Gasteiger partial charge in [0.2, 0.25) is 5.91 Å². The van der Waals surface area contributed by atoms with Gasteiger partial charge in [0.1, 0.15) is 0 Å².